The summed E-state index contributed by atoms with van der Waals surface area (Å²) in [5.74, 6) is -3.53. The number of fused-ring (bicyclic) bond motifs is 1. The SMILES string of the molecule is COc1cccc2cc(C(=O)NC3OC(C(=O)N4CCOCC4)C(OC(C)=O)C(OC(C)=O)C3OC(C)=O)oc12. The number of benzene rings is 1. The molecule has 1 aromatic heterocycles. The number of hydrogen-bond donors (Lipinski definition) is 1. The minimum absolute atomic E-state index is 0.133. The summed E-state index contributed by atoms with van der Waals surface area (Å²) in [4.78, 5) is 64.5. The minimum atomic E-state index is -1.53. The predicted molar refractivity (Wildman–Crippen MR) is 133 cm³/mol. The van der Waals surface area contributed by atoms with E-state index in [1.165, 1.54) is 18.1 Å². The Morgan fingerprint density at radius 3 is 2.15 bits per heavy atom. The van der Waals surface area contributed by atoms with Crippen molar-refractivity contribution in [3.8, 4) is 5.75 Å². The Balaban J connectivity index is 1.71. The van der Waals surface area contributed by atoms with Gasteiger partial charge in [0.05, 0.1) is 20.3 Å². The highest BCUT2D eigenvalue weighted by Crippen LogP contribution is 2.31. The highest BCUT2D eigenvalue weighted by atomic mass is 16.7. The topological polar surface area (TPSA) is 169 Å². The van der Waals surface area contributed by atoms with Gasteiger partial charge in [0.25, 0.3) is 11.8 Å². The maximum atomic E-state index is 13.6. The Morgan fingerprint density at radius 1 is 0.900 bits per heavy atom. The lowest BCUT2D eigenvalue weighted by molar-refractivity contribution is -0.249. The van der Waals surface area contributed by atoms with Crippen molar-refractivity contribution >= 4 is 40.7 Å². The van der Waals surface area contributed by atoms with Crippen LogP contribution in [0, 0.1) is 0 Å². The molecule has 40 heavy (non-hydrogen) atoms. The van der Waals surface area contributed by atoms with Crippen molar-refractivity contribution < 1.29 is 56.8 Å². The molecule has 14 nitrogen and oxygen atoms in total. The van der Waals surface area contributed by atoms with Crippen molar-refractivity contribution in [3.05, 3.63) is 30.0 Å². The molecule has 0 radical (unpaired) electrons. The predicted octanol–water partition coefficient (Wildman–Crippen LogP) is 0.550. The standard InChI is InChI=1S/C26H30N2O12/c1-13(29)36-20-21(37-14(2)30)23(26(33)28-8-10-35-11-9-28)40-25(22(20)38-15(3)31)27-24(32)18-12-16-6-5-7-17(34-4)19(16)39-18/h5-7,12,20-23,25H,8-11H2,1-4H3,(H,27,32). The number of nitrogens with one attached hydrogen (secondary N) is 1. The summed E-state index contributed by atoms with van der Waals surface area (Å²) in [6.07, 6.45) is -7.54. The van der Waals surface area contributed by atoms with E-state index in [2.05, 4.69) is 5.32 Å². The van der Waals surface area contributed by atoms with Crippen molar-refractivity contribution in [2.75, 3.05) is 33.4 Å². The van der Waals surface area contributed by atoms with Gasteiger partial charge in [-0.2, -0.15) is 0 Å². The number of esters is 3. The minimum Gasteiger partial charge on any atom is -0.493 e. The van der Waals surface area contributed by atoms with E-state index in [1.807, 2.05) is 0 Å². The Hall–Kier alpha value is -4.17. The molecule has 3 heterocycles. The third kappa shape index (κ3) is 6.34. The summed E-state index contributed by atoms with van der Waals surface area (Å²) < 4.78 is 38.5. The summed E-state index contributed by atoms with van der Waals surface area (Å²) in [5.41, 5.74) is 0.323. The second-order valence-corrected chi connectivity index (χ2v) is 9.10. The van der Waals surface area contributed by atoms with Gasteiger partial charge < -0.3 is 43.1 Å². The Labute approximate surface area is 228 Å². The number of carbonyl (C=O) groups excluding carboxylic acids is 5. The zero-order valence-corrected chi connectivity index (χ0v) is 22.4. The van der Waals surface area contributed by atoms with Gasteiger partial charge in [-0.3, -0.25) is 24.0 Å². The molecule has 4 rings (SSSR count). The lowest BCUT2D eigenvalue weighted by Gasteiger charge is -2.45. The molecule has 0 spiro atoms. The van der Waals surface area contributed by atoms with Crippen LogP contribution in [0.4, 0.5) is 0 Å². The van der Waals surface area contributed by atoms with Crippen LogP contribution in [0.2, 0.25) is 0 Å². The van der Waals surface area contributed by atoms with E-state index >= 15 is 0 Å². The number of amides is 2. The number of methoxy groups -OCH3 is 1. The van der Waals surface area contributed by atoms with Crippen LogP contribution < -0.4 is 10.1 Å². The summed E-state index contributed by atoms with van der Waals surface area (Å²) in [6.45, 7) is 4.31. The molecule has 2 amide bonds. The molecule has 216 valence electrons. The maximum Gasteiger partial charge on any atom is 0.303 e. The number of hydrogen-bond acceptors (Lipinski definition) is 12. The van der Waals surface area contributed by atoms with Crippen LogP contribution in [0.25, 0.3) is 11.0 Å². The number of morpholine rings is 1. The van der Waals surface area contributed by atoms with E-state index < -0.39 is 60.4 Å². The van der Waals surface area contributed by atoms with E-state index in [1.54, 1.807) is 18.2 Å². The van der Waals surface area contributed by atoms with Crippen molar-refractivity contribution in [2.45, 2.75) is 51.4 Å². The molecule has 0 saturated carbocycles. The van der Waals surface area contributed by atoms with Crippen molar-refractivity contribution in [1.29, 1.82) is 0 Å². The number of ether oxygens (including phenoxy) is 6. The first-order chi connectivity index (χ1) is 19.1. The zero-order chi connectivity index (χ0) is 29.0. The van der Waals surface area contributed by atoms with E-state index in [4.69, 9.17) is 32.8 Å². The Kier molecular flexibility index (Phi) is 8.90. The van der Waals surface area contributed by atoms with Crippen molar-refractivity contribution in [2.24, 2.45) is 0 Å². The van der Waals surface area contributed by atoms with Gasteiger partial charge in [0.2, 0.25) is 0 Å². The largest absolute Gasteiger partial charge is 0.493 e. The molecule has 2 aliphatic heterocycles. The van der Waals surface area contributed by atoms with Crippen LogP contribution >= 0.6 is 0 Å². The number of carbonyl (C=O) groups is 5. The first kappa shape index (κ1) is 28.8. The third-order valence-electron chi connectivity index (χ3n) is 6.23. The molecule has 1 aromatic carbocycles. The first-order valence-corrected chi connectivity index (χ1v) is 12.5. The van der Waals surface area contributed by atoms with E-state index in [9.17, 15) is 24.0 Å². The van der Waals surface area contributed by atoms with Gasteiger partial charge in [-0.05, 0) is 12.1 Å². The average molecular weight is 563 g/mol. The third-order valence-corrected chi connectivity index (χ3v) is 6.23. The monoisotopic (exact) mass is 562 g/mol. The van der Waals surface area contributed by atoms with E-state index in [0.29, 0.717) is 16.7 Å². The first-order valence-electron chi connectivity index (χ1n) is 12.5. The lowest BCUT2D eigenvalue weighted by Crippen LogP contribution is -2.68. The highest BCUT2D eigenvalue weighted by Gasteiger charge is 2.55. The highest BCUT2D eigenvalue weighted by molar-refractivity contribution is 5.97. The number of para-hydroxylation sites is 1. The second kappa shape index (κ2) is 12.3. The molecule has 2 aliphatic rings. The van der Waals surface area contributed by atoms with Crippen LogP contribution in [-0.2, 0) is 42.9 Å². The fourth-order valence-electron chi connectivity index (χ4n) is 4.60. The fraction of sp³-hybridized carbons (Fsp3) is 0.500. The van der Waals surface area contributed by atoms with Crippen LogP contribution in [0.15, 0.2) is 28.7 Å². The second-order valence-electron chi connectivity index (χ2n) is 9.10. The van der Waals surface area contributed by atoms with E-state index in [0.717, 1.165) is 20.8 Å². The number of rotatable bonds is 7. The molecule has 2 fully saturated rings. The number of nitrogens with zero attached hydrogens (tertiary/aromatic N) is 1. The Bertz CT molecular complexity index is 1280. The van der Waals surface area contributed by atoms with Crippen molar-refractivity contribution in [1.82, 2.24) is 10.2 Å². The smallest absolute Gasteiger partial charge is 0.303 e. The normalized spacial score (nSPS) is 24.6. The summed E-state index contributed by atoms with van der Waals surface area (Å²) in [5, 5.41) is 3.14. The van der Waals surface area contributed by atoms with Crippen LogP contribution in [0.1, 0.15) is 31.3 Å². The maximum absolute atomic E-state index is 13.6. The molecular formula is C26H30N2O12. The van der Waals surface area contributed by atoms with Gasteiger partial charge in [0.15, 0.2) is 47.7 Å². The molecule has 1 N–H and O–H groups in total. The molecule has 0 bridgehead atoms. The number of furan rings is 1. The average Bonchev–Trinajstić information content (AvgIpc) is 3.36. The summed E-state index contributed by atoms with van der Waals surface area (Å²) in [6, 6.07) is 6.57. The molecule has 0 aliphatic carbocycles. The molecular weight excluding hydrogens is 532 g/mol. The van der Waals surface area contributed by atoms with Gasteiger partial charge in [0, 0.05) is 39.2 Å². The van der Waals surface area contributed by atoms with Gasteiger partial charge in [-0.15, -0.1) is 0 Å². The molecule has 5 unspecified atom stereocenters. The summed E-state index contributed by atoms with van der Waals surface area (Å²) >= 11 is 0. The zero-order valence-electron chi connectivity index (χ0n) is 22.4. The molecule has 5 atom stereocenters. The van der Waals surface area contributed by atoms with Gasteiger partial charge >= 0.3 is 17.9 Å². The van der Waals surface area contributed by atoms with Crippen LogP contribution in [0.5, 0.6) is 5.75 Å². The van der Waals surface area contributed by atoms with E-state index in [-0.39, 0.29) is 32.1 Å². The van der Waals surface area contributed by atoms with Gasteiger partial charge in [0.1, 0.15) is 0 Å². The van der Waals surface area contributed by atoms with Crippen LogP contribution in [0.3, 0.4) is 0 Å². The summed E-state index contributed by atoms with van der Waals surface area (Å²) in [7, 11) is 1.46. The van der Waals surface area contributed by atoms with Gasteiger partial charge in [-0.25, -0.2) is 0 Å². The molecule has 2 aromatic rings. The molecule has 2 saturated heterocycles. The van der Waals surface area contributed by atoms with Crippen LogP contribution in [-0.4, -0.2) is 98.7 Å². The van der Waals surface area contributed by atoms with Crippen molar-refractivity contribution in [3.63, 3.8) is 0 Å². The van der Waals surface area contributed by atoms with Gasteiger partial charge in [-0.1, -0.05) is 12.1 Å². The Morgan fingerprint density at radius 2 is 1.52 bits per heavy atom. The fourth-order valence-corrected chi connectivity index (χ4v) is 4.60. The molecule has 14 heteroatoms. The lowest BCUT2D eigenvalue weighted by atomic mass is 9.95. The quantitative estimate of drug-likeness (QED) is 0.368.